The van der Waals surface area contributed by atoms with Gasteiger partial charge in [0.1, 0.15) is 0 Å². The molecule has 0 saturated carbocycles. The van der Waals surface area contributed by atoms with Gasteiger partial charge in [0.15, 0.2) is 11.0 Å². The van der Waals surface area contributed by atoms with Gasteiger partial charge >= 0.3 is 0 Å². The van der Waals surface area contributed by atoms with Crippen LogP contribution in [0, 0.1) is 6.92 Å². The van der Waals surface area contributed by atoms with Gasteiger partial charge < -0.3 is 9.84 Å². The van der Waals surface area contributed by atoms with Crippen molar-refractivity contribution in [3.8, 4) is 11.3 Å². The molecule has 0 fully saturated rings. The van der Waals surface area contributed by atoms with Crippen LogP contribution >= 0.6 is 11.3 Å². The van der Waals surface area contributed by atoms with Gasteiger partial charge in [-0.1, -0.05) is 36.3 Å². The van der Waals surface area contributed by atoms with Crippen LogP contribution in [0.1, 0.15) is 43.5 Å². The molecular weight excluding hydrogens is 348 g/mol. The van der Waals surface area contributed by atoms with Crippen LogP contribution in [0.3, 0.4) is 0 Å². The maximum atomic E-state index is 12.1. The standard InChI is InChI=1S/C19H22N4O2S/c1-3-7-16-21-18(25-23-16)11-6-10-17(24)22-19-20-15(12-26-19)14-9-5-4-8-13(14)2/h4-5,8-9,12H,3,6-7,10-11H2,1-2H3,(H,20,22,24). The third kappa shape index (κ3) is 4.76. The van der Waals surface area contributed by atoms with E-state index in [0.29, 0.717) is 30.3 Å². The van der Waals surface area contributed by atoms with Crippen molar-refractivity contribution in [1.29, 1.82) is 0 Å². The van der Waals surface area contributed by atoms with Gasteiger partial charge in [0.05, 0.1) is 5.69 Å². The zero-order valence-corrected chi connectivity index (χ0v) is 15.8. The molecule has 26 heavy (non-hydrogen) atoms. The third-order valence-corrected chi connectivity index (χ3v) is 4.71. The van der Waals surface area contributed by atoms with E-state index in [1.165, 1.54) is 11.3 Å². The van der Waals surface area contributed by atoms with Crippen LogP contribution in [0.15, 0.2) is 34.2 Å². The van der Waals surface area contributed by atoms with Gasteiger partial charge in [0.2, 0.25) is 11.8 Å². The summed E-state index contributed by atoms with van der Waals surface area (Å²) in [5.74, 6) is 1.28. The quantitative estimate of drug-likeness (QED) is 0.635. The van der Waals surface area contributed by atoms with Crippen LogP contribution < -0.4 is 5.32 Å². The van der Waals surface area contributed by atoms with E-state index in [9.17, 15) is 4.79 Å². The van der Waals surface area contributed by atoms with Crippen molar-refractivity contribution in [2.24, 2.45) is 0 Å². The number of benzene rings is 1. The number of aryl methyl sites for hydroxylation is 3. The summed E-state index contributed by atoms with van der Waals surface area (Å²) in [6.45, 7) is 4.12. The van der Waals surface area contributed by atoms with E-state index in [-0.39, 0.29) is 5.91 Å². The largest absolute Gasteiger partial charge is 0.339 e. The number of nitrogens with one attached hydrogen (secondary N) is 1. The molecule has 1 amide bonds. The van der Waals surface area contributed by atoms with Gasteiger partial charge in [-0.3, -0.25) is 4.79 Å². The Hall–Kier alpha value is -2.54. The van der Waals surface area contributed by atoms with Crippen molar-refractivity contribution in [1.82, 2.24) is 15.1 Å². The summed E-state index contributed by atoms with van der Waals surface area (Å²) in [5, 5.41) is 9.37. The number of nitrogens with zero attached hydrogens (tertiary/aromatic N) is 3. The van der Waals surface area contributed by atoms with E-state index in [4.69, 9.17) is 4.52 Å². The lowest BCUT2D eigenvalue weighted by Crippen LogP contribution is -2.11. The monoisotopic (exact) mass is 370 g/mol. The van der Waals surface area contributed by atoms with Crippen LogP contribution in [-0.2, 0) is 17.6 Å². The third-order valence-electron chi connectivity index (χ3n) is 3.95. The van der Waals surface area contributed by atoms with Crippen molar-refractivity contribution < 1.29 is 9.32 Å². The van der Waals surface area contributed by atoms with Gasteiger partial charge in [0.25, 0.3) is 0 Å². The van der Waals surface area contributed by atoms with Crippen LogP contribution in [0.5, 0.6) is 0 Å². The molecule has 0 aliphatic heterocycles. The molecule has 2 aromatic heterocycles. The fourth-order valence-corrected chi connectivity index (χ4v) is 3.34. The fourth-order valence-electron chi connectivity index (χ4n) is 2.61. The first-order valence-corrected chi connectivity index (χ1v) is 9.66. The minimum absolute atomic E-state index is 0.0519. The highest BCUT2D eigenvalue weighted by Crippen LogP contribution is 2.27. The van der Waals surface area contributed by atoms with Crippen molar-refractivity contribution >= 4 is 22.4 Å². The summed E-state index contributed by atoms with van der Waals surface area (Å²) in [6, 6.07) is 8.08. The summed E-state index contributed by atoms with van der Waals surface area (Å²) >= 11 is 1.44. The minimum Gasteiger partial charge on any atom is -0.339 e. The topological polar surface area (TPSA) is 80.9 Å². The predicted molar refractivity (Wildman–Crippen MR) is 102 cm³/mol. The number of anilines is 1. The van der Waals surface area contributed by atoms with Gasteiger partial charge in [-0.25, -0.2) is 4.98 Å². The Labute approximate surface area is 156 Å². The second-order valence-corrected chi connectivity index (χ2v) is 6.97. The van der Waals surface area contributed by atoms with Crippen molar-refractivity contribution in [2.45, 2.75) is 46.0 Å². The van der Waals surface area contributed by atoms with Crippen LogP contribution in [0.2, 0.25) is 0 Å². The zero-order valence-electron chi connectivity index (χ0n) is 15.0. The minimum atomic E-state index is -0.0519. The van der Waals surface area contributed by atoms with Crippen LogP contribution in [0.4, 0.5) is 5.13 Å². The number of hydrogen-bond acceptors (Lipinski definition) is 6. The fraction of sp³-hybridized carbons (Fsp3) is 0.368. The van der Waals surface area contributed by atoms with Gasteiger partial charge in [0, 0.05) is 30.2 Å². The lowest BCUT2D eigenvalue weighted by atomic mass is 10.1. The Morgan fingerprint density at radius 1 is 1.23 bits per heavy atom. The summed E-state index contributed by atoms with van der Waals surface area (Å²) < 4.78 is 5.18. The van der Waals surface area contributed by atoms with Gasteiger partial charge in [-0.05, 0) is 25.3 Å². The Morgan fingerprint density at radius 2 is 2.08 bits per heavy atom. The lowest BCUT2D eigenvalue weighted by molar-refractivity contribution is -0.116. The molecule has 0 aliphatic carbocycles. The number of aromatic nitrogens is 3. The second kappa shape index (κ2) is 8.71. The van der Waals surface area contributed by atoms with Crippen molar-refractivity contribution in [2.75, 3.05) is 5.32 Å². The molecule has 1 aromatic carbocycles. The molecule has 1 N–H and O–H groups in total. The average molecular weight is 370 g/mol. The molecular formula is C19H22N4O2S. The van der Waals surface area contributed by atoms with E-state index >= 15 is 0 Å². The SMILES string of the molecule is CCCc1noc(CCCC(=O)Nc2nc(-c3ccccc3C)cs2)n1. The normalized spacial score (nSPS) is 10.8. The summed E-state index contributed by atoms with van der Waals surface area (Å²) in [5.41, 5.74) is 3.14. The smallest absolute Gasteiger partial charge is 0.226 e. The van der Waals surface area contributed by atoms with Gasteiger partial charge in [-0.15, -0.1) is 11.3 Å². The lowest BCUT2D eigenvalue weighted by Gasteiger charge is -2.02. The first kappa shape index (κ1) is 18.3. The van der Waals surface area contributed by atoms with E-state index in [1.807, 2.05) is 23.6 Å². The maximum absolute atomic E-state index is 12.1. The molecule has 0 radical (unpaired) electrons. The Kier molecular flexibility index (Phi) is 6.12. The molecule has 0 aliphatic rings. The Bertz CT molecular complexity index is 872. The molecule has 0 atom stereocenters. The van der Waals surface area contributed by atoms with Crippen LogP contribution in [-0.4, -0.2) is 21.0 Å². The number of carbonyl (C=O) groups is 1. The number of amides is 1. The number of carbonyl (C=O) groups excluding carboxylic acids is 1. The number of hydrogen-bond donors (Lipinski definition) is 1. The summed E-state index contributed by atoms with van der Waals surface area (Å²) in [4.78, 5) is 20.9. The maximum Gasteiger partial charge on any atom is 0.226 e. The highest BCUT2D eigenvalue weighted by atomic mass is 32.1. The average Bonchev–Trinajstić information content (AvgIpc) is 3.25. The number of rotatable bonds is 8. The van der Waals surface area contributed by atoms with Crippen LogP contribution in [0.25, 0.3) is 11.3 Å². The molecule has 7 heteroatoms. The molecule has 6 nitrogen and oxygen atoms in total. The van der Waals surface area contributed by atoms with Crippen molar-refractivity contribution in [3.63, 3.8) is 0 Å². The Morgan fingerprint density at radius 3 is 2.88 bits per heavy atom. The first-order valence-electron chi connectivity index (χ1n) is 8.78. The van der Waals surface area contributed by atoms with Crippen molar-refractivity contribution in [3.05, 3.63) is 46.9 Å². The summed E-state index contributed by atoms with van der Waals surface area (Å²) in [6.07, 6.45) is 3.47. The van der Waals surface area contributed by atoms with E-state index in [2.05, 4.69) is 40.4 Å². The second-order valence-electron chi connectivity index (χ2n) is 6.11. The highest BCUT2D eigenvalue weighted by Gasteiger charge is 2.11. The molecule has 0 unspecified atom stereocenters. The first-order chi connectivity index (χ1) is 12.7. The highest BCUT2D eigenvalue weighted by molar-refractivity contribution is 7.14. The summed E-state index contributed by atoms with van der Waals surface area (Å²) in [7, 11) is 0. The molecule has 2 heterocycles. The molecule has 0 spiro atoms. The molecule has 0 bridgehead atoms. The van der Waals surface area contributed by atoms with Gasteiger partial charge in [-0.2, -0.15) is 4.98 Å². The molecule has 136 valence electrons. The predicted octanol–water partition coefficient (Wildman–Crippen LogP) is 4.42. The zero-order chi connectivity index (χ0) is 18.4. The molecule has 3 rings (SSSR count). The number of thiazole rings is 1. The molecule has 3 aromatic rings. The molecule has 0 saturated heterocycles. The van der Waals surface area contributed by atoms with E-state index < -0.39 is 0 Å². The Balaban J connectivity index is 1.48. The van der Waals surface area contributed by atoms with E-state index in [0.717, 1.165) is 35.5 Å². The van der Waals surface area contributed by atoms with E-state index in [1.54, 1.807) is 0 Å².